The number of aromatic hydroxyl groups is 1. The zero-order valence-electron chi connectivity index (χ0n) is 17.5. The van der Waals surface area contributed by atoms with E-state index in [1.165, 1.54) is 42.5 Å². The summed E-state index contributed by atoms with van der Waals surface area (Å²) in [4.78, 5) is 37.2. The predicted octanol–water partition coefficient (Wildman–Crippen LogP) is 5.12. The average molecular weight is 452 g/mol. The number of aromatic carboxylic acids is 1. The van der Waals surface area contributed by atoms with Crippen molar-refractivity contribution in [3.8, 4) is 22.7 Å². The molecule has 5 aromatic rings. The minimum Gasteiger partial charge on any atom is -0.507 e. The zero-order chi connectivity index (χ0) is 24.0. The van der Waals surface area contributed by atoms with E-state index in [2.05, 4.69) is 0 Å². The molecule has 0 unspecified atom stereocenters. The molecule has 0 fully saturated rings. The molecule has 8 nitrogen and oxygen atoms in total. The van der Waals surface area contributed by atoms with Crippen molar-refractivity contribution in [2.75, 3.05) is 0 Å². The Hall–Kier alpha value is -4.98. The highest BCUT2D eigenvalue weighted by Gasteiger charge is 2.27. The van der Waals surface area contributed by atoms with Crippen molar-refractivity contribution >= 4 is 33.2 Å². The lowest BCUT2D eigenvalue weighted by Crippen LogP contribution is -2.24. The van der Waals surface area contributed by atoms with Crippen LogP contribution in [0.15, 0.2) is 89.7 Å². The van der Waals surface area contributed by atoms with E-state index < -0.39 is 16.5 Å². The van der Waals surface area contributed by atoms with Crippen LogP contribution in [0.3, 0.4) is 0 Å². The largest absolute Gasteiger partial charge is 0.507 e. The quantitative estimate of drug-likeness (QED) is 0.288. The number of phenols is 1. The van der Waals surface area contributed by atoms with E-state index in [0.717, 1.165) is 9.95 Å². The molecule has 0 saturated heterocycles. The molecule has 4 aromatic carbocycles. The van der Waals surface area contributed by atoms with Crippen LogP contribution in [-0.4, -0.2) is 25.7 Å². The van der Waals surface area contributed by atoms with Gasteiger partial charge in [-0.2, -0.15) is 0 Å². The minimum atomic E-state index is -1.31. The molecule has 1 aromatic heterocycles. The molecule has 0 aliphatic rings. The summed E-state index contributed by atoms with van der Waals surface area (Å²) in [5.41, 5.74) is -0.843. The lowest BCUT2D eigenvalue weighted by atomic mass is 9.94. The Morgan fingerprint density at radius 3 is 2.24 bits per heavy atom. The standard InChI is InChI=1S/C26H16N2O6/c29-21-13-12-15-6-1-2-9-18(15)22(21)24-23(26(31)32)19-10-3-4-11-20(19)25(30)27(24)16-7-5-8-17(14-16)28(33)34/h1-14,29H,(H,31,32). The van der Waals surface area contributed by atoms with Gasteiger partial charge in [0.25, 0.3) is 11.2 Å². The maximum Gasteiger partial charge on any atom is 0.338 e. The maximum atomic E-state index is 13.7. The fraction of sp³-hybridized carbons (Fsp3) is 0. The van der Waals surface area contributed by atoms with Gasteiger partial charge < -0.3 is 10.2 Å². The number of nitrogens with zero attached hydrogens (tertiary/aromatic N) is 2. The van der Waals surface area contributed by atoms with Gasteiger partial charge in [0, 0.05) is 28.5 Å². The molecule has 0 atom stereocenters. The van der Waals surface area contributed by atoms with Crippen molar-refractivity contribution in [3.63, 3.8) is 0 Å². The van der Waals surface area contributed by atoms with Crippen LogP contribution in [0, 0.1) is 10.1 Å². The lowest BCUT2D eigenvalue weighted by molar-refractivity contribution is -0.384. The molecule has 0 radical (unpaired) electrons. The Kier molecular flexibility index (Phi) is 4.83. The van der Waals surface area contributed by atoms with Crippen LogP contribution >= 0.6 is 0 Å². The average Bonchev–Trinajstić information content (AvgIpc) is 2.84. The monoisotopic (exact) mass is 452 g/mol. The first kappa shape index (κ1) is 20.9. The van der Waals surface area contributed by atoms with Gasteiger partial charge in [-0.05, 0) is 29.0 Å². The van der Waals surface area contributed by atoms with E-state index in [1.807, 2.05) is 0 Å². The van der Waals surface area contributed by atoms with Gasteiger partial charge in [0.2, 0.25) is 0 Å². The van der Waals surface area contributed by atoms with Gasteiger partial charge in [-0.15, -0.1) is 0 Å². The number of hydrogen-bond donors (Lipinski definition) is 2. The number of nitro groups is 1. The SMILES string of the molecule is O=C(O)c1c(-c2c(O)ccc3ccccc23)n(-c2cccc([N+](=O)[O-])c2)c(=O)c2ccccc12. The molecule has 166 valence electrons. The Morgan fingerprint density at radius 2 is 1.53 bits per heavy atom. The van der Waals surface area contributed by atoms with E-state index in [0.29, 0.717) is 5.39 Å². The molecule has 8 heteroatoms. The second kappa shape index (κ2) is 7.86. The number of carboxylic acids is 1. The number of non-ortho nitro benzene ring substituents is 1. The normalized spacial score (nSPS) is 11.1. The summed E-state index contributed by atoms with van der Waals surface area (Å²) in [6.45, 7) is 0. The van der Waals surface area contributed by atoms with Gasteiger partial charge in [-0.1, -0.05) is 54.6 Å². The molecular formula is C26H16N2O6. The first-order chi connectivity index (χ1) is 16.4. The number of nitro benzene ring substituents is 1. The van der Waals surface area contributed by atoms with Crippen molar-refractivity contribution in [1.82, 2.24) is 4.57 Å². The Labute approximate surface area is 191 Å². The first-order valence-corrected chi connectivity index (χ1v) is 10.3. The van der Waals surface area contributed by atoms with E-state index in [9.17, 15) is 29.9 Å². The van der Waals surface area contributed by atoms with E-state index in [1.54, 1.807) is 42.5 Å². The van der Waals surface area contributed by atoms with Gasteiger partial charge in [-0.25, -0.2) is 4.79 Å². The van der Waals surface area contributed by atoms with Crippen molar-refractivity contribution < 1.29 is 19.9 Å². The van der Waals surface area contributed by atoms with Crippen LogP contribution in [0.4, 0.5) is 5.69 Å². The topological polar surface area (TPSA) is 123 Å². The fourth-order valence-corrected chi connectivity index (χ4v) is 4.30. The highest BCUT2D eigenvalue weighted by Crippen LogP contribution is 2.40. The van der Waals surface area contributed by atoms with E-state index >= 15 is 0 Å². The number of carbonyl (C=O) groups is 1. The molecule has 5 rings (SSSR count). The maximum absolute atomic E-state index is 13.7. The number of hydrogen-bond acceptors (Lipinski definition) is 5. The Morgan fingerprint density at radius 1 is 0.853 bits per heavy atom. The highest BCUT2D eigenvalue weighted by atomic mass is 16.6. The number of carboxylic acid groups (broad SMARTS) is 1. The molecule has 0 amide bonds. The van der Waals surface area contributed by atoms with Crippen molar-refractivity contribution in [1.29, 1.82) is 0 Å². The van der Waals surface area contributed by atoms with Crippen LogP contribution in [0.2, 0.25) is 0 Å². The molecular weight excluding hydrogens is 436 g/mol. The van der Waals surface area contributed by atoms with Gasteiger partial charge >= 0.3 is 5.97 Å². The van der Waals surface area contributed by atoms with Crippen molar-refractivity contribution in [3.05, 3.63) is 111 Å². The number of benzene rings is 4. The number of phenolic OH excluding ortho intramolecular Hbond substituents is 1. The van der Waals surface area contributed by atoms with Crippen LogP contribution in [0.25, 0.3) is 38.5 Å². The van der Waals surface area contributed by atoms with Gasteiger partial charge in [0.05, 0.1) is 21.9 Å². The molecule has 0 saturated carbocycles. The third-order valence-corrected chi connectivity index (χ3v) is 5.75. The number of pyridine rings is 1. The summed E-state index contributed by atoms with van der Waals surface area (Å²) in [5.74, 6) is -1.53. The Balaban J connectivity index is 2.07. The third-order valence-electron chi connectivity index (χ3n) is 5.75. The smallest absolute Gasteiger partial charge is 0.338 e. The van der Waals surface area contributed by atoms with Gasteiger partial charge in [0.15, 0.2) is 0 Å². The summed E-state index contributed by atoms with van der Waals surface area (Å²) in [5, 5.41) is 34.2. The molecule has 0 spiro atoms. The number of rotatable bonds is 4. The van der Waals surface area contributed by atoms with Crippen molar-refractivity contribution in [2.45, 2.75) is 0 Å². The van der Waals surface area contributed by atoms with Gasteiger partial charge in [-0.3, -0.25) is 19.5 Å². The number of aromatic nitrogens is 1. The molecule has 0 bridgehead atoms. The second-order valence-electron chi connectivity index (χ2n) is 7.67. The Bertz CT molecular complexity index is 1700. The summed E-state index contributed by atoms with van der Waals surface area (Å²) in [7, 11) is 0. The highest BCUT2D eigenvalue weighted by molar-refractivity contribution is 6.12. The molecule has 34 heavy (non-hydrogen) atoms. The fourth-order valence-electron chi connectivity index (χ4n) is 4.30. The summed E-state index contributed by atoms with van der Waals surface area (Å²) in [6.07, 6.45) is 0. The zero-order valence-corrected chi connectivity index (χ0v) is 17.5. The molecule has 0 aliphatic heterocycles. The minimum absolute atomic E-state index is 0.0639. The molecule has 0 aliphatic carbocycles. The van der Waals surface area contributed by atoms with Crippen LogP contribution < -0.4 is 5.56 Å². The molecule has 1 heterocycles. The summed E-state index contributed by atoms with van der Waals surface area (Å²) < 4.78 is 1.13. The second-order valence-corrected chi connectivity index (χ2v) is 7.67. The van der Waals surface area contributed by atoms with Crippen LogP contribution in [0.5, 0.6) is 5.75 Å². The lowest BCUT2D eigenvalue weighted by Gasteiger charge is -2.20. The van der Waals surface area contributed by atoms with Crippen LogP contribution in [-0.2, 0) is 0 Å². The summed E-state index contributed by atoms with van der Waals surface area (Å²) in [6, 6.07) is 21.8. The number of fused-ring (bicyclic) bond motifs is 2. The van der Waals surface area contributed by atoms with Crippen LogP contribution in [0.1, 0.15) is 10.4 Å². The predicted molar refractivity (Wildman–Crippen MR) is 128 cm³/mol. The van der Waals surface area contributed by atoms with Crippen molar-refractivity contribution in [2.24, 2.45) is 0 Å². The van der Waals surface area contributed by atoms with E-state index in [-0.39, 0.29) is 44.7 Å². The first-order valence-electron chi connectivity index (χ1n) is 10.3. The molecule has 2 N–H and O–H groups in total. The third kappa shape index (κ3) is 3.17. The van der Waals surface area contributed by atoms with Gasteiger partial charge in [0.1, 0.15) is 5.75 Å². The van der Waals surface area contributed by atoms with E-state index in [4.69, 9.17) is 0 Å². The summed E-state index contributed by atoms with van der Waals surface area (Å²) >= 11 is 0.